The summed E-state index contributed by atoms with van der Waals surface area (Å²) in [7, 11) is 0. The molecule has 348 valence electrons. The van der Waals surface area contributed by atoms with Gasteiger partial charge in [-0.15, -0.1) is 119 Å². The zero-order valence-electron chi connectivity index (χ0n) is 38.8. The van der Waals surface area contributed by atoms with Gasteiger partial charge in [0, 0.05) is 45.2 Å². The van der Waals surface area contributed by atoms with Gasteiger partial charge in [-0.05, 0) is 74.7 Å². The molecule has 0 saturated heterocycles. The second-order valence-electron chi connectivity index (χ2n) is 17.4. The fourth-order valence-corrected chi connectivity index (χ4v) is 7.96. The minimum absolute atomic E-state index is 0. The summed E-state index contributed by atoms with van der Waals surface area (Å²) in [6, 6.07) is 78.5. The van der Waals surface area contributed by atoms with Crippen LogP contribution in [-0.4, -0.2) is 19.9 Å². The molecule has 4 nitrogen and oxygen atoms in total. The maximum absolute atomic E-state index is 13.6. The molecule has 0 N–H and O–H groups in total. The molecular formula is C62H46F2N4Pt2. The number of aromatic nitrogens is 4. The van der Waals surface area contributed by atoms with Gasteiger partial charge < -0.3 is 19.9 Å². The van der Waals surface area contributed by atoms with Crippen molar-refractivity contribution in [3.05, 3.63) is 265 Å². The van der Waals surface area contributed by atoms with E-state index in [-0.39, 0.29) is 59.2 Å². The van der Waals surface area contributed by atoms with Crippen molar-refractivity contribution < 1.29 is 50.9 Å². The van der Waals surface area contributed by atoms with E-state index in [9.17, 15) is 8.78 Å². The first kappa shape index (κ1) is 51.0. The fraction of sp³-hybridized carbons (Fsp3) is 0.0968. The van der Waals surface area contributed by atoms with Crippen LogP contribution >= 0.6 is 0 Å². The molecule has 0 amide bonds. The van der Waals surface area contributed by atoms with Crippen molar-refractivity contribution in [2.24, 2.45) is 0 Å². The Hall–Kier alpha value is -6.84. The normalized spacial score (nSPS) is 11.1. The van der Waals surface area contributed by atoms with E-state index in [1.807, 2.05) is 86.6 Å². The molecule has 0 aliphatic carbocycles. The molecule has 6 aromatic carbocycles. The van der Waals surface area contributed by atoms with Crippen LogP contribution in [0.2, 0.25) is 0 Å². The van der Waals surface area contributed by atoms with Gasteiger partial charge in [-0.3, -0.25) is 0 Å². The predicted molar refractivity (Wildman–Crippen MR) is 269 cm³/mol. The van der Waals surface area contributed by atoms with E-state index in [0.29, 0.717) is 22.5 Å². The molecule has 10 aromatic rings. The van der Waals surface area contributed by atoms with Gasteiger partial charge in [0.15, 0.2) is 0 Å². The number of halogens is 2. The largest absolute Gasteiger partial charge is 2.00 e. The van der Waals surface area contributed by atoms with Gasteiger partial charge in [-0.2, -0.15) is 0 Å². The molecule has 0 atom stereocenters. The van der Waals surface area contributed by atoms with Gasteiger partial charge in [0.1, 0.15) is 0 Å². The van der Waals surface area contributed by atoms with Crippen LogP contribution in [0.5, 0.6) is 0 Å². The second-order valence-corrected chi connectivity index (χ2v) is 17.4. The fourth-order valence-electron chi connectivity index (χ4n) is 7.96. The van der Waals surface area contributed by atoms with E-state index in [0.717, 1.165) is 56.4 Å². The zero-order chi connectivity index (χ0) is 47.1. The van der Waals surface area contributed by atoms with Gasteiger partial charge in [0.05, 0.1) is 0 Å². The van der Waals surface area contributed by atoms with Crippen molar-refractivity contribution in [2.45, 2.75) is 38.5 Å². The molecule has 0 saturated carbocycles. The summed E-state index contributed by atoms with van der Waals surface area (Å²) in [6.07, 6.45) is 0. The molecule has 70 heavy (non-hydrogen) atoms. The predicted octanol–water partition coefficient (Wildman–Crippen LogP) is 15.1. The van der Waals surface area contributed by atoms with Crippen molar-refractivity contribution in [3.8, 4) is 67.3 Å². The van der Waals surface area contributed by atoms with E-state index >= 15 is 0 Å². The molecule has 10 rings (SSSR count). The van der Waals surface area contributed by atoms with E-state index in [2.05, 4.69) is 135 Å². The van der Waals surface area contributed by atoms with Crippen molar-refractivity contribution in [2.75, 3.05) is 0 Å². The summed E-state index contributed by atoms with van der Waals surface area (Å²) in [6.45, 7) is 8.40. The van der Waals surface area contributed by atoms with E-state index in [1.54, 1.807) is 12.1 Å². The minimum Gasteiger partial charge on any atom is -0.300 e. The van der Waals surface area contributed by atoms with E-state index < -0.39 is 5.41 Å². The first-order valence-electron chi connectivity index (χ1n) is 22.4. The van der Waals surface area contributed by atoms with Crippen LogP contribution in [0.25, 0.3) is 67.3 Å². The van der Waals surface area contributed by atoms with Gasteiger partial charge in [-0.1, -0.05) is 131 Å². The summed E-state index contributed by atoms with van der Waals surface area (Å²) < 4.78 is 27.2. The monoisotopic (exact) mass is 1270 g/mol. The molecule has 8 heteroatoms. The quantitative estimate of drug-likeness (QED) is 0.128. The van der Waals surface area contributed by atoms with E-state index in [1.165, 1.54) is 35.4 Å². The van der Waals surface area contributed by atoms with E-state index in [4.69, 9.17) is 19.9 Å². The first-order valence-corrected chi connectivity index (χ1v) is 22.4. The Bertz CT molecular complexity index is 3090. The van der Waals surface area contributed by atoms with Crippen molar-refractivity contribution in [3.63, 3.8) is 0 Å². The Morgan fingerprint density at radius 2 is 0.657 bits per heavy atom. The van der Waals surface area contributed by atoms with Crippen LogP contribution in [-0.2, 0) is 53.0 Å². The van der Waals surface area contributed by atoms with Crippen molar-refractivity contribution in [1.82, 2.24) is 19.9 Å². The number of pyridine rings is 4. The molecule has 0 aliphatic heterocycles. The number of nitrogens with zero attached hydrogens (tertiary/aromatic N) is 4. The molecule has 4 aromatic heterocycles. The molecular weight excluding hydrogens is 1230 g/mol. The van der Waals surface area contributed by atoms with Crippen LogP contribution < -0.4 is 0 Å². The summed E-state index contributed by atoms with van der Waals surface area (Å²) in [5, 5.41) is 0. The number of rotatable bonds is 10. The molecule has 0 bridgehead atoms. The topological polar surface area (TPSA) is 51.6 Å². The van der Waals surface area contributed by atoms with Crippen LogP contribution in [0.1, 0.15) is 50.5 Å². The number of hydrogen-bond donors (Lipinski definition) is 0. The third-order valence-electron chi connectivity index (χ3n) is 12.0. The molecule has 0 radical (unpaired) electrons. The Morgan fingerprint density at radius 3 is 0.957 bits per heavy atom. The maximum atomic E-state index is 13.6. The SMILES string of the molecule is CC(C)(c1cccc(-c2[c-]cc(-c3ccccc3)cc2)n1)c1cccc(-c2[c-]cc(-c3ccccc3)cc2)n1.CC(C)(c1cccc(-c2[c-]ccc(F)c2)n1)c1cccc(-c2[c-]ccc(F)c2)n1.[Pt+2].[Pt+2]. The standard InChI is InChI=1S/C37H28N2.C25H18F2N2.2Pt/c1-37(2,35-17-9-15-33(38-35)31-23-19-29(20-24-31)27-11-5-3-6-12-27)36-18-10-16-34(39-36)32-25-21-30(22-26-32)28-13-7-4-8-14-28;1-25(2,23-13-5-11-21(28-23)17-7-3-9-19(26)15-17)24-14-6-12-22(29-24)18-8-4-10-20(27)16-18;;/h3-23,25H,1-2H3;3-6,9-16H,1-2H3;;/q2*-2;2*+2. The Morgan fingerprint density at radius 1 is 0.329 bits per heavy atom. The molecule has 4 heterocycles. The third-order valence-corrected chi connectivity index (χ3v) is 12.0. The summed E-state index contributed by atoms with van der Waals surface area (Å²) >= 11 is 0. The number of hydrogen-bond acceptors (Lipinski definition) is 4. The molecule has 0 unspecified atom stereocenters. The van der Waals surface area contributed by atoms with Gasteiger partial charge >= 0.3 is 42.1 Å². The molecule has 0 fully saturated rings. The number of benzene rings is 6. The Labute approximate surface area is 438 Å². The van der Waals surface area contributed by atoms with Gasteiger partial charge in [0.25, 0.3) is 0 Å². The van der Waals surface area contributed by atoms with Crippen LogP contribution in [0.3, 0.4) is 0 Å². The summed E-state index contributed by atoms with van der Waals surface area (Å²) in [5.41, 5.74) is 13.5. The average molecular weight is 1280 g/mol. The maximum Gasteiger partial charge on any atom is 2.00 e. The summed E-state index contributed by atoms with van der Waals surface area (Å²) in [5.74, 6) is -0.656. The van der Waals surface area contributed by atoms with Crippen molar-refractivity contribution in [1.29, 1.82) is 0 Å². The van der Waals surface area contributed by atoms with Crippen LogP contribution in [0, 0.1) is 35.9 Å². The molecule has 0 aliphatic rings. The molecule has 0 spiro atoms. The minimum atomic E-state index is -0.521. The average Bonchev–Trinajstić information content (AvgIpc) is 3.39. The van der Waals surface area contributed by atoms with Crippen molar-refractivity contribution >= 4 is 0 Å². The van der Waals surface area contributed by atoms with Gasteiger partial charge in [-0.25, -0.2) is 8.78 Å². The van der Waals surface area contributed by atoms with Crippen LogP contribution in [0.4, 0.5) is 8.78 Å². The summed E-state index contributed by atoms with van der Waals surface area (Å²) in [4.78, 5) is 19.6. The Balaban J connectivity index is 0.000000209. The van der Waals surface area contributed by atoms with Crippen LogP contribution in [0.15, 0.2) is 206 Å². The Kier molecular flexibility index (Phi) is 16.6. The second kappa shape index (κ2) is 22.7. The zero-order valence-corrected chi connectivity index (χ0v) is 43.4. The third kappa shape index (κ3) is 11.8. The first-order chi connectivity index (χ1) is 33.0. The smallest absolute Gasteiger partial charge is 0.300 e. The van der Waals surface area contributed by atoms with Gasteiger partial charge in [0.2, 0.25) is 0 Å².